The molecule has 0 radical (unpaired) electrons. The summed E-state index contributed by atoms with van der Waals surface area (Å²) in [4.78, 5) is 12.5. The molecule has 1 aliphatic rings. The van der Waals surface area contributed by atoms with Gasteiger partial charge in [-0.15, -0.1) is 35.3 Å². The summed E-state index contributed by atoms with van der Waals surface area (Å²) in [6, 6.07) is 0. The van der Waals surface area contributed by atoms with Crippen LogP contribution in [0.15, 0.2) is 10.4 Å². The van der Waals surface area contributed by atoms with Gasteiger partial charge in [0, 0.05) is 32.1 Å². The minimum Gasteiger partial charge on any atom is -0.351 e. The first-order chi connectivity index (χ1) is 12.3. The van der Waals surface area contributed by atoms with Gasteiger partial charge in [0.1, 0.15) is 0 Å². The number of alkyl halides is 3. The van der Waals surface area contributed by atoms with Crippen LogP contribution >= 0.6 is 35.3 Å². The molecule has 1 aliphatic heterocycles. The van der Waals surface area contributed by atoms with Crippen LogP contribution in [0.3, 0.4) is 0 Å². The summed E-state index contributed by atoms with van der Waals surface area (Å²) < 4.78 is 37.9. The fourth-order valence-electron chi connectivity index (χ4n) is 3.19. The van der Waals surface area contributed by atoms with Gasteiger partial charge in [0.25, 0.3) is 0 Å². The topological polar surface area (TPSA) is 43.8 Å². The lowest BCUT2D eigenvalue weighted by molar-refractivity contribution is -0.146. The molecule has 0 bridgehead atoms. The van der Waals surface area contributed by atoms with E-state index in [2.05, 4.69) is 27.1 Å². The van der Waals surface area contributed by atoms with Gasteiger partial charge < -0.3 is 10.2 Å². The van der Waals surface area contributed by atoms with Crippen LogP contribution in [0.4, 0.5) is 13.2 Å². The van der Waals surface area contributed by atoms with Crippen molar-refractivity contribution in [2.24, 2.45) is 10.9 Å². The molecule has 1 atom stereocenters. The van der Waals surface area contributed by atoms with Gasteiger partial charge in [-0.2, -0.15) is 13.2 Å². The van der Waals surface area contributed by atoms with E-state index in [1.807, 2.05) is 5.38 Å². The Labute approximate surface area is 180 Å². The third kappa shape index (κ3) is 8.10. The number of nitrogens with one attached hydrogen (secondary N) is 1. The molecule has 0 aromatic carbocycles. The summed E-state index contributed by atoms with van der Waals surface area (Å²) in [6.45, 7) is 6.05. The van der Waals surface area contributed by atoms with Crippen molar-refractivity contribution in [1.82, 2.24) is 20.1 Å². The summed E-state index contributed by atoms with van der Waals surface area (Å²) >= 11 is 1.65. The van der Waals surface area contributed by atoms with E-state index in [1.54, 1.807) is 25.3 Å². The predicted molar refractivity (Wildman–Crippen MR) is 115 cm³/mol. The van der Waals surface area contributed by atoms with E-state index in [0.717, 1.165) is 42.6 Å². The Balaban J connectivity index is 0.00000364. The Morgan fingerprint density at radius 1 is 1.44 bits per heavy atom. The Morgan fingerprint density at radius 3 is 2.74 bits per heavy atom. The van der Waals surface area contributed by atoms with Gasteiger partial charge in [-0.1, -0.05) is 13.8 Å². The second-order valence-corrected chi connectivity index (χ2v) is 7.47. The number of likely N-dealkylation sites (tertiary alicyclic amines) is 1. The summed E-state index contributed by atoms with van der Waals surface area (Å²) in [6.07, 6.45) is -2.33. The highest BCUT2D eigenvalue weighted by Gasteiger charge is 2.33. The average Bonchev–Trinajstić information content (AvgIpc) is 3.23. The molecule has 156 valence electrons. The van der Waals surface area contributed by atoms with Crippen LogP contribution in [-0.2, 0) is 13.0 Å². The lowest BCUT2D eigenvalue weighted by Crippen LogP contribution is -2.41. The number of rotatable bonds is 7. The normalized spacial score (nSPS) is 18.1. The maximum atomic E-state index is 12.6. The van der Waals surface area contributed by atoms with Crippen LogP contribution in [0.1, 0.15) is 31.0 Å². The first kappa shape index (κ1) is 24.4. The zero-order valence-corrected chi connectivity index (χ0v) is 19.2. The second kappa shape index (κ2) is 11.4. The maximum absolute atomic E-state index is 12.6. The van der Waals surface area contributed by atoms with Crippen molar-refractivity contribution in [2.75, 3.05) is 39.8 Å². The fraction of sp³-hybridized carbons (Fsp3) is 0.765. The molecule has 1 N–H and O–H groups in total. The van der Waals surface area contributed by atoms with Crippen LogP contribution in [0.5, 0.6) is 0 Å². The number of aromatic nitrogens is 1. The molecule has 2 heterocycles. The number of guanidine groups is 1. The number of nitrogens with zero attached hydrogens (tertiary/aromatic N) is 4. The van der Waals surface area contributed by atoms with Gasteiger partial charge in [-0.05, 0) is 25.3 Å². The minimum absolute atomic E-state index is 0. The molecule has 1 unspecified atom stereocenters. The highest BCUT2D eigenvalue weighted by molar-refractivity contribution is 14.0. The molecule has 5 nitrogen and oxygen atoms in total. The minimum atomic E-state index is -4.14. The molecular formula is C17H29F3IN5S. The molecule has 0 spiro atoms. The molecule has 0 amide bonds. The molecule has 1 fully saturated rings. The van der Waals surface area contributed by atoms with Gasteiger partial charge in [0.2, 0.25) is 0 Å². The van der Waals surface area contributed by atoms with E-state index in [-0.39, 0.29) is 29.9 Å². The van der Waals surface area contributed by atoms with Crippen LogP contribution < -0.4 is 5.32 Å². The first-order valence-electron chi connectivity index (χ1n) is 9.02. The SMILES string of the molecule is CCc1nc(CNC(=NC)N2CCC(CN(CC)CC(F)(F)F)C2)cs1.I. The van der Waals surface area contributed by atoms with Crippen molar-refractivity contribution in [3.05, 3.63) is 16.1 Å². The Hall–Kier alpha value is -0.620. The quantitative estimate of drug-likeness (QED) is 0.340. The molecule has 1 saturated heterocycles. The molecular weight excluding hydrogens is 490 g/mol. The highest BCUT2D eigenvalue weighted by Crippen LogP contribution is 2.21. The van der Waals surface area contributed by atoms with E-state index in [4.69, 9.17) is 0 Å². The van der Waals surface area contributed by atoms with Gasteiger partial charge in [0.15, 0.2) is 5.96 Å². The van der Waals surface area contributed by atoms with Crippen molar-refractivity contribution >= 4 is 41.3 Å². The van der Waals surface area contributed by atoms with E-state index < -0.39 is 12.7 Å². The average molecular weight is 519 g/mol. The number of hydrogen-bond donors (Lipinski definition) is 1. The van der Waals surface area contributed by atoms with Crippen molar-refractivity contribution < 1.29 is 13.2 Å². The molecule has 1 aromatic rings. The van der Waals surface area contributed by atoms with Crippen molar-refractivity contribution in [3.8, 4) is 0 Å². The maximum Gasteiger partial charge on any atom is 0.401 e. The third-order valence-electron chi connectivity index (χ3n) is 4.49. The Bertz CT molecular complexity index is 593. The number of hydrogen-bond acceptors (Lipinski definition) is 4. The van der Waals surface area contributed by atoms with Crippen LogP contribution in [-0.4, -0.2) is 66.7 Å². The van der Waals surface area contributed by atoms with Gasteiger partial charge >= 0.3 is 6.18 Å². The van der Waals surface area contributed by atoms with E-state index in [9.17, 15) is 13.2 Å². The number of thiazole rings is 1. The van der Waals surface area contributed by atoms with Crippen LogP contribution in [0, 0.1) is 5.92 Å². The van der Waals surface area contributed by atoms with Crippen LogP contribution in [0.2, 0.25) is 0 Å². The molecule has 10 heteroatoms. The molecule has 27 heavy (non-hydrogen) atoms. The van der Waals surface area contributed by atoms with E-state index in [1.165, 1.54) is 4.90 Å². The molecule has 2 rings (SSSR count). The van der Waals surface area contributed by atoms with Crippen molar-refractivity contribution in [1.29, 1.82) is 0 Å². The Kier molecular flexibility index (Phi) is 10.3. The molecule has 1 aromatic heterocycles. The molecule has 0 aliphatic carbocycles. The Morgan fingerprint density at radius 2 is 2.19 bits per heavy atom. The summed E-state index contributed by atoms with van der Waals surface area (Å²) in [5.74, 6) is 1.01. The summed E-state index contributed by atoms with van der Waals surface area (Å²) in [5.41, 5.74) is 0.992. The van der Waals surface area contributed by atoms with E-state index >= 15 is 0 Å². The van der Waals surface area contributed by atoms with E-state index in [0.29, 0.717) is 19.6 Å². The number of halogens is 4. The van der Waals surface area contributed by atoms with Crippen molar-refractivity contribution in [3.63, 3.8) is 0 Å². The largest absolute Gasteiger partial charge is 0.401 e. The van der Waals surface area contributed by atoms with Gasteiger partial charge in [0.05, 0.1) is 23.8 Å². The zero-order chi connectivity index (χ0) is 19.2. The summed E-state index contributed by atoms with van der Waals surface area (Å²) in [5, 5.41) is 6.47. The monoisotopic (exact) mass is 519 g/mol. The lowest BCUT2D eigenvalue weighted by atomic mass is 10.1. The van der Waals surface area contributed by atoms with Gasteiger partial charge in [-0.3, -0.25) is 9.89 Å². The lowest BCUT2D eigenvalue weighted by Gasteiger charge is -2.26. The highest BCUT2D eigenvalue weighted by atomic mass is 127. The summed E-state index contributed by atoms with van der Waals surface area (Å²) in [7, 11) is 1.73. The smallest absolute Gasteiger partial charge is 0.351 e. The van der Waals surface area contributed by atoms with Crippen LogP contribution in [0.25, 0.3) is 0 Å². The van der Waals surface area contributed by atoms with Gasteiger partial charge in [-0.25, -0.2) is 4.98 Å². The number of aliphatic imine (C=N–C) groups is 1. The predicted octanol–water partition coefficient (Wildman–Crippen LogP) is 3.61. The number of aryl methyl sites for hydroxylation is 1. The first-order valence-corrected chi connectivity index (χ1v) is 9.90. The zero-order valence-electron chi connectivity index (χ0n) is 16.1. The fourth-order valence-corrected chi connectivity index (χ4v) is 3.94. The molecule has 0 saturated carbocycles. The van der Waals surface area contributed by atoms with Crippen molar-refractivity contribution in [2.45, 2.75) is 39.4 Å². The standard InChI is InChI=1S/C17H28F3N5S.HI/c1-4-15-23-14(11-26-15)8-22-16(21-3)25-7-6-13(10-25)9-24(5-2)12-17(18,19)20;/h11,13H,4-10,12H2,1-3H3,(H,21,22);1H. The second-order valence-electron chi connectivity index (χ2n) is 6.53. The third-order valence-corrected chi connectivity index (χ3v) is 5.54.